The number of ether oxygens (including phenoxy) is 2. The van der Waals surface area contributed by atoms with E-state index in [4.69, 9.17) is 18.5 Å². The fraction of sp³-hybridized carbons (Fsp3) is 0.944. The molecule has 1 unspecified atom stereocenters. The number of unbranched alkanes of at least 4 members (excludes halogenated alkanes) is 14. The van der Waals surface area contributed by atoms with Crippen LogP contribution in [-0.2, 0) is 32.7 Å². The van der Waals surface area contributed by atoms with Gasteiger partial charge in [0.15, 0.2) is 6.10 Å². The molecule has 0 aliphatic rings. The van der Waals surface area contributed by atoms with E-state index < -0.39 is 76.6 Å². The highest BCUT2D eigenvalue weighted by Gasteiger charge is 2.32. The number of esters is 2. The van der Waals surface area contributed by atoms with E-state index in [-0.39, 0.29) is 19.4 Å². The quantitative estimate of drug-likeness (QED) is 0.0228. The summed E-state index contributed by atoms with van der Waals surface area (Å²) in [6.07, 6.45) is 10.1. The molecule has 0 amide bonds. The van der Waals surface area contributed by atoms with E-state index in [9.17, 15) is 36.6 Å². The maximum atomic E-state index is 14.5. The van der Waals surface area contributed by atoms with Gasteiger partial charge in [-0.1, -0.05) is 104 Å². The minimum absolute atomic E-state index is 0.127. The Morgan fingerprint density at radius 3 is 1.50 bits per heavy atom. The van der Waals surface area contributed by atoms with Crippen LogP contribution in [-0.4, -0.2) is 86.8 Å². The van der Waals surface area contributed by atoms with Crippen LogP contribution < -0.4 is 0 Å². The number of likely N-dealkylation sites (N-methyl/N-ethyl adjacent to an activating group) is 1. The first-order chi connectivity index (χ1) is 23.4. The number of carbonyl (C=O) groups is 2. The Labute approximate surface area is 299 Å². The molecule has 0 aliphatic carbocycles. The molecule has 0 rings (SSSR count). The van der Waals surface area contributed by atoms with Gasteiger partial charge in [-0.3, -0.25) is 18.6 Å². The number of halogens is 4. The van der Waals surface area contributed by atoms with Crippen LogP contribution in [0, 0.1) is 0 Å². The Kier molecular flexibility index (Phi) is 26.7. The summed E-state index contributed by atoms with van der Waals surface area (Å²) < 4.78 is 90.6. The Morgan fingerprint density at radius 1 is 0.640 bits per heavy atom. The number of rotatable bonds is 34. The molecule has 0 spiro atoms. The number of hydrogen-bond donors (Lipinski definition) is 1. The Bertz CT molecular complexity index is 936. The van der Waals surface area contributed by atoms with E-state index >= 15 is 0 Å². The topological polar surface area (TPSA) is 108 Å². The first kappa shape index (κ1) is 48.7. The zero-order valence-corrected chi connectivity index (χ0v) is 32.6. The van der Waals surface area contributed by atoms with Crippen LogP contribution in [0.4, 0.5) is 17.6 Å². The molecule has 0 radical (unpaired) electrons. The van der Waals surface area contributed by atoms with Crippen LogP contribution in [0.3, 0.4) is 0 Å². The average Bonchev–Trinajstić information content (AvgIpc) is 3.02. The van der Waals surface area contributed by atoms with Gasteiger partial charge in [0.05, 0.1) is 40.6 Å². The van der Waals surface area contributed by atoms with E-state index in [2.05, 4.69) is 13.8 Å². The lowest BCUT2D eigenvalue weighted by Gasteiger charge is -2.24. The number of carbonyl (C=O) groups excluding carboxylic acids is 2. The molecule has 0 saturated carbocycles. The van der Waals surface area contributed by atoms with Gasteiger partial charge < -0.3 is 18.9 Å². The predicted molar refractivity (Wildman–Crippen MR) is 188 cm³/mol. The van der Waals surface area contributed by atoms with Crippen molar-refractivity contribution in [1.29, 1.82) is 0 Å². The lowest BCUT2D eigenvalue weighted by molar-refractivity contribution is -0.870. The molecule has 0 aromatic heterocycles. The van der Waals surface area contributed by atoms with E-state index in [1.165, 1.54) is 12.8 Å². The normalized spacial score (nSPS) is 14.4. The van der Waals surface area contributed by atoms with Gasteiger partial charge in [0.25, 0.3) is 0 Å². The zero-order chi connectivity index (χ0) is 37.9. The fourth-order valence-electron chi connectivity index (χ4n) is 5.12. The molecule has 0 heterocycles. The highest BCUT2D eigenvalue weighted by molar-refractivity contribution is 7.47. The maximum absolute atomic E-state index is 14.5. The number of phosphoric ester groups is 1. The SMILES string of the molecule is CCCCCCCCCCC(F)(F)CCC(=O)OC[C@H](COP(=O)(O)OCC[N+](C)(C)C)OC(=O)CCC(F)(F)CCCCCCCCCC. The number of nitrogens with zero attached hydrogens (tertiary/aromatic N) is 1. The average molecular weight is 751 g/mol. The standard InChI is InChI=1S/C36H68F4NO8P/c1-6-8-10-12-14-16-18-20-24-35(37,38)26-22-33(42)46-30-32(31-48-50(44,45)47-29-28-41(3,4)5)49-34(43)23-27-36(39,40)25-21-19-17-15-13-11-9-7-2/h32H,6-31H2,1-5H3/p+1/t32-/m1/s1. The Hall–Kier alpha value is -1.27. The molecular weight excluding hydrogens is 681 g/mol. The molecule has 50 heavy (non-hydrogen) atoms. The van der Waals surface area contributed by atoms with Gasteiger partial charge in [0.2, 0.25) is 11.8 Å². The largest absolute Gasteiger partial charge is 0.472 e. The smallest absolute Gasteiger partial charge is 0.462 e. The minimum atomic E-state index is -4.61. The van der Waals surface area contributed by atoms with Crippen LogP contribution in [0.5, 0.6) is 0 Å². The minimum Gasteiger partial charge on any atom is -0.462 e. The van der Waals surface area contributed by atoms with Crippen molar-refractivity contribution in [2.45, 2.75) is 173 Å². The van der Waals surface area contributed by atoms with Crippen molar-refractivity contribution in [3.63, 3.8) is 0 Å². The first-order valence-electron chi connectivity index (χ1n) is 18.9. The molecule has 0 aliphatic heterocycles. The second-order valence-electron chi connectivity index (χ2n) is 14.6. The molecule has 0 saturated heterocycles. The van der Waals surface area contributed by atoms with E-state index in [1.54, 1.807) is 0 Å². The van der Waals surface area contributed by atoms with Crippen LogP contribution in [0.1, 0.15) is 155 Å². The predicted octanol–water partition coefficient (Wildman–Crippen LogP) is 10.2. The molecule has 0 fully saturated rings. The molecule has 1 N–H and O–H groups in total. The first-order valence-corrected chi connectivity index (χ1v) is 20.4. The van der Waals surface area contributed by atoms with Crippen molar-refractivity contribution in [3.05, 3.63) is 0 Å². The second kappa shape index (κ2) is 27.4. The summed E-state index contributed by atoms with van der Waals surface area (Å²) in [7, 11) is 0.936. The summed E-state index contributed by atoms with van der Waals surface area (Å²) in [5, 5.41) is 0. The summed E-state index contributed by atoms with van der Waals surface area (Å²) in [6, 6.07) is 0. The molecule has 0 aromatic carbocycles. The summed E-state index contributed by atoms with van der Waals surface area (Å²) in [5.41, 5.74) is 0. The summed E-state index contributed by atoms with van der Waals surface area (Å²) in [6.45, 7) is 3.08. The van der Waals surface area contributed by atoms with Crippen LogP contribution in [0.15, 0.2) is 0 Å². The van der Waals surface area contributed by atoms with Crippen LogP contribution in [0.25, 0.3) is 0 Å². The lowest BCUT2D eigenvalue weighted by atomic mass is 10.0. The molecule has 9 nitrogen and oxygen atoms in total. The van der Waals surface area contributed by atoms with Crippen LogP contribution >= 0.6 is 7.82 Å². The molecule has 2 atom stereocenters. The number of phosphoric acid groups is 1. The van der Waals surface area contributed by atoms with Gasteiger partial charge in [-0.2, -0.15) is 0 Å². The lowest BCUT2D eigenvalue weighted by Crippen LogP contribution is -2.37. The fourth-order valence-corrected chi connectivity index (χ4v) is 5.86. The van der Waals surface area contributed by atoms with Gasteiger partial charge in [0, 0.05) is 25.7 Å². The molecule has 298 valence electrons. The third kappa shape index (κ3) is 31.5. The van der Waals surface area contributed by atoms with Crippen molar-refractivity contribution in [3.8, 4) is 0 Å². The van der Waals surface area contributed by atoms with Gasteiger partial charge >= 0.3 is 19.8 Å². The number of hydrogen-bond acceptors (Lipinski definition) is 7. The van der Waals surface area contributed by atoms with Gasteiger partial charge in [-0.25, -0.2) is 22.1 Å². The van der Waals surface area contributed by atoms with Crippen molar-refractivity contribution >= 4 is 19.8 Å². The summed E-state index contributed by atoms with van der Waals surface area (Å²) >= 11 is 0. The highest BCUT2D eigenvalue weighted by Crippen LogP contribution is 2.43. The highest BCUT2D eigenvalue weighted by atomic mass is 31.2. The van der Waals surface area contributed by atoms with E-state index in [1.807, 2.05) is 21.1 Å². The third-order valence-electron chi connectivity index (χ3n) is 8.35. The van der Waals surface area contributed by atoms with Crippen molar-refractivity contribution in [1.82, 2.24) is 0 Å². The molecule has 0 bridgehead atoms. The molecule has 0 aromatic rings. The molecule has 14 heteroatoms. The van der Waals surface area contributed by atoms with Crippen molar-refractivity contribution < 1.29 is 59.6 Å². The van der Waals surface area contributed by atoms with E-state index in [0.717, 1.165) is 64.2 Å². The maximum Gasteiger partial charge on any atom is 0.472 e. The van der Waals surface area contributed by atoms with Crippen molar-refractivity contribution in [2.75, 3.05) is 47.5 Å². The monoisotopic (exact) mass is 750 g/mol. The van der Waals surface area contributed by atoms with Crippen LogP contribution in [0.2, 0.25) is 0 Å². The van der Waals surface area contributed by atoms with Gasteiger partial charge in [0.1, 0.15) is 19.8 Å². The Morgan fingerprint density at radius 2 is 1.06 bits per heavy atom. The van der Waals surface area contributed by atoms with E-state index in [0.29, 0.717) is 36.7 Å². The second-order valence-corrected chi connectivity index (χ2v) is 16.0. The summed E-state index contributed by atoms with van der Waals surface area (Å²) in [4.78, 5) is 34.9. The van der Waals surface area contributed by atoms with Gasteiger partial charge in [-0.15, -0.1) is 0 Å². The Balaban J connectivity index is 4.89. The summed E-state index contributed by atoms with van der Waals surface area (Å²) in [5.74, 6) is -8.16. The number of quaternary nitrogens is 1. The molecular formula is C36H69F4NO8P+. The zero-order valence-electron chi connectivity index (χ0n) is 31.7. The number of alkyl halides is 4. The van der Waals surface area contributed by atoms with Crippen molar-refractivity contribution in [2.24, 2.45) is 0 Å². The third-order valence-corrected chi connectivity index (χ3v) is 9.33. The van der Waals surface area contributed by atoms with Gasteiger partial charge in [-0.05, 0) is 12.8 Å².